The van der Waals surface area contributed by atoms with E-state index in [0.29, 0.717) is 5.56 Å². The third-order valence-corrected chi connectivity index (χ3v) is 4.94. The number of hydrogen-bond donors (Lipinski definition) is 3. The van der Waals surface area contributed by atoms with Gasteiger partial charge in [-0.3, -0.25) is 4.79 Å². The molecular weight excluding hydrogens is 328 g/mol. The van der Waals surface area contributed by atoms with Gasteiger partial charge in [0, 0.05) is 24.7 Å². The van der Waals surface area contributed by atoms with Crippen molar-refractivity contribution in [1.29, 1.82) is 0 Å². The van der Waals surface area contributed by atoms with Gasteiger partial charge in [0.1, 0.15) is 0 Å². The Balaban J connectivity index is 1.39. The van der Waals surface area contributed by atoms with Crippen molar-refractivity contribution in [2.24, 2.45) is 0 Å². The van der Waals surface area contributed by atoms with E-state index in [0.717, 1.165) is 45.3 Å². The van der Waals surface area contributed by atoms with Crippen LogP contribution in [0.3, 0.4) is 0 Å². The SMILES string of the molecule is O=C(NC1CCN(CCCc2ccccc2)CC1)c1ccc(O)c(O)c1. The van der Waals surface area contributed by atoms with Gasteiger partial charge in [0.15, 0.2) is 11.5 Å². The largest absolute Gasteiger partial charge is 0.504 e. The summed E-state index contributed by atoms with van der Waals surface area (Å²) in [6, 6.07) is 14.8. The van der Waals surface area contributed by atoms with Gasteiger partial charge in [-0.25, -0.2) is 0 Å². The van der Waals surface area contributed by atoms with Crippen molar-refractivity contribution in [3.05, 3.63) is 59.7 Å². The quantitative estimate of drug-likeness (QED) is 0.698. The number of nitrogens with one attached hydrogen (secondary N) is 1. The molecule has 0 spiro atoms. The topological polar surface area (TPSA) is 72.8 Å². The van der Waals surface area contributed by atoms with Crippen LogP contribution in [0.2, 0.25) is 0 Å². The average Bonchev–Trinajstić information content (AvgIpc) is 2.66. The molecule has 1 saturated heterocycles. The number of carbonyl (C=O) groups excluding carboxylic acids is 1. The molecule has 1 amide bonds. The Kier molecular flexibility index (Phi) is 6.12. The Morgan fingerprint density at radius 2 is 1.77 bits per heavy atom. The first kappa shape index (κ1) is 18.3. The summed E-state index contributed by atoms with van der Waals surface area (Å²) in [4.78, 5) is 14.7. The van der Waals surface area contributed by atoms with E-state index in [1.54, 1.807) is 0 Å². The van der Waals surface area contributed by atoms with E-state index in [1.165, 1.54) is 23.8 Å². The van der Waals surface area contributed by atoms with Gasteiger partial charge in [0.25, 0.3) is 5.91 Å². The second-order valence-electron chi connectivity index (χ2n) is 6.88. The fourth-order valence-corrected chi connectivity index (χ4v) is 3.39. The zero-order valence-corrected chi connectivity index (χ0v) is 14.9. The molecule has 3 N–H and O–H groups in total. The van der Waals surface area contributed by atoms with E-state index in [1.807, 2.05) is 6.07 Å². The van der Waals surface area contributed by atoms with Gasteiger partial charge < -0.3 is 20.4 Å². The number of aromatic hydroxyl groups is 2. The van der Waals surface area contributed by atoms with Crippen LogP contribution in [0.15, 0.2) is 48.5 Å². The van der Waals surface area contributed by atoms with Crippen molar-refractivity contribution in [3.63, 3.8) is 0 Å². The highest BCUT2D eigenvalue weighted by molar-refractivity contribution is 5.95. The fourth-order valence-electron chi connectivity index (χ4n) is 3.39. The number of aryl methyl sites for hydroxylation is 1. The van der Waals surface area contributed by atoms with E-state index in [2.05, 4.69) is 34.5 Å². The van der Waals surface area contributed by atoms with Crippen LogP contribution in [0, 0.1) is 0 Å². The first-order chi connectivity index (χ1) is 12.6. The summed E-state index contributed by atoms with van der Waals surface area (Å²) in [6.07, 6.45) is 4.11. The molecule has 5 heteroatoms. The van der Waals surface area contributed by atoms with E-state index < -0.39 is 0 Å². The smallest absolute Gasteiger partial charge is 0.251 e. The predicted molar refractivity (Wildman–Crippen MR) is 101 cm³/mol. The molecule has 138 valence electrons. The summed E-state index contributed by atoms with van der Waals surface area (Å²) in [5, 5.41) is 21.9. The standard InChI is InChI=1S/C21H26N2O3/c24-19-9-8-17(15-20(19)25)21(26)22-18-10-13-23(14-11-18)12-4-7-16-5-2-1-3-6-16/h1-3,5-6,8-9,15,18,24-25H,4,7,10-14H2,(H,22,26). The number of phenolic OH excluding ortho intramolecular Hbond substituents is 2. The Morgan fingerprint density at radius 3 is 2.46 bits per heavy atom. The van der Waals surface area contributed by atoms with Crippen molar-refractivity contribution in [3.8, 4) is 11.5 Å². The van der Waals surface area contributed by atoms with Crippen LogP contribution in [0.1, 0.15) is 35.2 Å². The highest BCUT2D eigenvalue weighted by atomic mass is 16.3. The lowest BCUT2D eigenvalue weighted by Crippen LogP contribution is -2.44. The van der Waals surface area contributed by atoms with Crippen LogP contribution in [-0.2, 0) is 6.42 Å². The molecule has 5 nitrogen and oxygen atoms in total. The molecule has 1 heterocycles. The maximum absolute atomic E-state index is 12.3. The van der Waals surface area contributed by atoms with Crippen LogP contribution in [-0.4, -0.2) is 46.7 Å². The van der Waals surface area contributed by atoms with Crippen LogP contribution >= 0.6 is 0 Å². The van der Waals surface area contributed by atoms with Crippen LogP contribution in [0.5, 0.6) is 11.5 Å². The lowest BCUT2D eigenvalue weighted by molar-refractivity contribution is 0.0910. The molecule has 0 aromatic heterocycles. The molecule has 0 unspecified atom stereocenters. The molecule has 1 aliphatic heterocycles. The highest BCUT2D eigenvalue weighted by Gasteiger charge is 2.21. The number of piperidine rings is 1. The lowest BCUT2D eigenvalue weighted by Gasteiger charge is -2.32. The van der Waals surface area contributed by atoms with Crippen LogP contribution in [0.4, 0.5) is 0 Å². The van der Waals surface area contributed by atoms with Crippen molar-refractivity contribution < 1.29 is 15.0 Å². The molecule has 26 heavy (non-hydrogen) atoms. The monoisotopic (exact) mass is 354 g/mol. The van der Waals surface area contributed by atoms with Gasteiger partial charge in [-0.2, -0.15) is 0 Å². The Hall–Kier alpha value is -2.53. The molecule has 2 aromatic carbocycles. The second-order valence-corrected chi connectivity index (χ2v) is 6.88. The third-order valence-electron chi connectivity index (χ3n) is 4.94. The molecule has 1 fully saturated rings. The number of hydrogen-bond acceptors (Lipinski definition) is 4. The first-order valence-electron chi connectivity index (χ1n) is 9.21. The summed E-state index contributed by atoms with van der Waals surface area (Å²) in [7, 11) is 0. The van der Waals surface area contributed by atoms with Crippen molar-refractivity contribution >= 4 is 5.91 Å². The second kappa shape index (κ2) is 8.72. The fraction of sp³-hybridized carbons (Fsp3) is 0.381. The minimum absolute atomic E-state index is 0.156. The molecule has 2 aromatic rings. The number of carbonyl (C=O) groups is 1. The van der Waals surface area contributed by atoms with Crippen LogP contribution < -0.4 is 5.32 Å². The number of likely N-dealkylation sites (tertiary alicyclic amines) is 1. The van der Waals surface area contributed by atoms with Gasteiger partial charge in [-0.15, -0.1) is 0 Å². The van der Waals surface area contributed by atoms with E-state index in [4.69, 9.17) is 0 Å². The number of amides is 1. The van der Waals surface area contributed by atoms with E-state index in [-0.39, 0.29) is 23.4 Å². The van der Waals surface area contributed by atoms with Gasteiger partial charge in [-0.05, 0) is 56.0 Å². The Morgan fingerprint density at radius 1 is 1.04 bits per heavy atom. The Labute approximate surface area is 154 Å². The lowest BCUT2D eigenvalue weighted by atomic mass is 10.0. The molecule has 0 aliphatic carbocycles. The molecule has 0 saturated carbocycles. The normalized spacial score (nSPS) is 15.7. The number of phenols is 2. The summed E-state index contributed by atoms with van der Waals surface area (Å²) in [6.45, 7) is 3.06. The molecule has 1 aliphatic rings. The zero-order valence-electron chi connectivity index (χ0n) is 14.9. The maximum atomic E-state index is 12.3. The minimum atomic E-state index is -0.272. The number of rotatable bonds is 6. The minimum Gasteiger partial charge on any atom is -0.504 e. The molecular formula is C21H26N2O3. The van der Waals surface area contributed by atoms with Crippen molar-refractivity contribution in [2.75, 3.05) is 19.6 Å². The van der Waals surface area contributed by atoms with Gasteiger partial charge in [0.2, 0.25) is 0 Å². The summed E-state index contributed by atoms with van der Waals surface area (Å²) in [5.74, 6) is -0.695. The molecule has 3 rings (SSSR count). The van der Waals surface area contributed by atoms with E-state index in [9.17, 15) is 15.0 Å². The maximum Gasteiger partial charge on any atom is 0.251 e. The van der Waals surface area contributed by atoms with Crippen LogP contribution in [0.25, 0.3) is 0 Å². The summed E-state index contributed by atoms with van der Waals surface area (Å²) >= 11 is 0. The van der Waals surface area contributed by atoms with Crippen molar-refractivity contribution in [1.82, 2.24) is 10.2 Å². The molecule has 0 atom stereocenters. The molecule has 0 bridgehead atoms. The van der Waals surface area contributed by atoms with Crippen molar-refractivity contribution in [2.45, 2.75) is 31.7 Å². The predicted octanol–water partition coefficient (Wildman–Crippen LogP) is 2.92. The molecule has 0 radical (unpaired) electrons. The summed E-state index contributed by atoms with van der Waals surface area (Å²) in [5.41, 5.74) is 1.75. The first-order valence-corrected chi connectivity index (χ1v) is 9.21. The summed E-state index contributed by atoms with van der Waals surface area (Å²) < 4.78 is 0. The van der Waals surface area contributed by atoms with E-state index >= 15 is 0 Å². The van der Waals surface area contributed by atoms with Gasteiger partial charge >= 0.3 is 0 Å². The zero-order chi connectivity index (χ0) is 18.4. The average molecular weight is 354 g/mol. The highest BCUT2D eigenvalue weighted by Crippen LogP contribution is 2.25. The number of nitrogens with zero attached hydrogens (tertiary/aromatic N) is 1. The Bertz CT molecular complexity index is 725. The third kappa shape index (κ3) is 4.99. The van der Waals surface area contributed by atoms with Gasteiger partial charge in [0.05, 0.1) is 0 Å². The van der Waals surface area contributed by atoms with Gasteiger partial charge in [-0.1, -0.05) is 30.3 Å². The number of benzene rings is 2.